The van der Waals surface area contributed by atoms with Gasteiger partial charge in [-0.3, -0.25) is 10.2 Å². The first-order chi connectivity index (χ1) is 11.3. The zero-order valence-electron chi connectivity index (χ0n) is 15.9. The maximum Gasteiger partial charge on any atom is 0.433 e. The van der Waals surface area contributed by atoms with Crippen LogP contribution in [0.1, 0.15) is 72.6 Å². The summed E-state index contributed by atoms with van der Waals surface area (Å²) >= 11 is 0. The maximum atomic E-state index is 12.1. The summed E-state index contributed by atoms with van der Waals surface area (Å²) in [5.74, 6) is -0.410. The van der Waals surface area contributed by atoms with E-state index >= 15 is 0 Å². The number of carbonyl (C=O) groups is 2. The van der Waals surface area contributed by atoms with Crippen molar-refractivity contribution in [3.05, 3.63) is 12.3 Å². The monoisotopic (exact) mass is 342 g/mol. The smallest absolute Gasteiger partial charge is 0.433 e. The highest BCUT2D eigenvalue weighted by molar-refractivity contribution is 5.80. The molecule has 0 radical (unpaired) electrons. The van der Waals surface area contributed by atoms with Crippen molar-refractivity contribution in [3.63, 3.8) is 0 Å². The molecule has 0 fully saturated rings. The number of unbranched alkanes of at least 4 members (excludes halogenated alkanes) is 6. The Morgan fingerprint density at radius 1 is 1.08 bits per heavy atom. The van der Waals surface area contributed by atoms with Crippen LogP contribution in [0.5, 0.6) is 0 Å². The van der Waals surface area contributed by atoms with Crippen LogP contribution < -0.4 is 5.43 Å². The SMILES string of the molecule is CCCCCCCC/C=C\N(NC(=O)COC)C(=O)OC(C)(C)C. The van der Waals surface area contributed by atoms with Crippen LogP contribution in [-0.2, 0) is 14.3 Å². The third-order valence-electron chi connectivity index (χ3n) is 3.09. The molecule has 6 nitrogen and oxygen atoms in total. The third kappa shape index (κ3) is 12.9. The van der Waals surface area contributed by atoms with Gasteiger partial charge in [0.2, 0.25) is 0 Å². The van der Waals surface area contributed by atoms with Crippen molar-refractivity contribution >= 4 is 12.0 Å². The number of hydrogen-bond donors (Lipinski definition) is 1. The van der Waals surface area contributed by atoms with Gasteiger partial charge in [-0.2, -0.15) is 5.01 Å². The lowest BCUT2D eigenvalue weighted by Crippen LogP contribution is -2.46. The fourth-order valence-electron chi connectivity index (χ4n) is 1.98. The lowest BCUT2D eigenvalue weighted by Gasteiger charge is -2.25. The van der Waals surface area contributed by atoms with Crippen molar-refractivity contribution in [1.29, 1.82) is 0 Å². The lowest BCUT2D eigenvalue weighted by atomic mass is 10.1. The first-order valence-electron chi connectivity index (χ1n) is 8.77. The van der Waals surface area contributed by atoms with Crippen LogP contribution in [0, 0.1) is 0 Å². The van der Waals surface area contributed by atoms with Gasteiger partial charge in [-0.25, -0.2) is 4.79 Å². The zero-order valence-corrected chi connectivity index (χ0v) is 15.9. The highest BCUT2D eigenvalue weighted by atomic mass is 16.6. The summed E-state index contributed by atoms with van der Waals surface area (Å²) in [6.45, 7) is 7.41. The molecule has 0 atom stereocenters. The number of methoxy groups -OCH3 is 1. The molecule has 0 aliphatic rings. The number of hydrazine groups is 1. The minimum absolute atomic E-state index is 0.120. The fraction of sp³-hybridized carbons (Fsp3) is 0.778. The van der Waals surface area contributed by atoms with Crippen molar-refractivity contribution in [2.24, 2.45) is 0 Å². The van der Waals surface area contributed by atoms with Crippen molar-refractivity contribution in [3.8, 4) is 0 Å². The predicted molar refractivity (Wildman–Crippen MR) is 95.2 cm³/mol. The first kappa shape index (κ1) is 22.4. The van der Waals surface area contributed by atoms with Crippen molar-refractivity contribution < 1.29 is 19.1 Å². The second-order valence-electron chi connectivity index (χ2n) is 6.76. The summed E-state index contributed by atoms with van der Waals surface area (Å²) in [6.07, 6.45) is 10.9. The number of ether oxygens (including phenoxy) is 2. The zero-order chi connectivity index (χ0) is 18.4. The van der Waals surface area contributed by atoms with Gasteiger partial charge in [0.05, 0.1) is 0 Å². The standard InChI is InChI=1S/C18H34N2O4/c1-6-7-8-9-10-11-12-13-14-20(19-16(21)15-23-5)17(22)24-18(2,3)4/h13-14H,6-12,15H2,1-5H3,(H,19,21)/b14-13-. The molecule has 0 aromatic rings. The van der Waals surface area contributed by atoms with Crippen LogP contribution in [0.25, 0.3) is 0 Å². The second kappa shape index (κ2) is 12.8. The molecule has 6 heteroatoms. The molecule has 0 saturated heterocycles. The predicted octanol–water partition coefficient (Wildman–Crippen LogP) is 4.17. The van der Waals surface area contributed by atoms with E-state index in [1.165, 1.54) is 39.2 Å². The van der Waals surface area contributed by atoms with Crippen LogP contribution in [0.4, 0.5) is 4.79 Å². The minimum atomic E-state index is -0.631. The van der Waals surface area contributed by atoms with Crippen LogP contribution in [0.3, 0.4) is 0 Å². The molecule has 0 heterocycles. The molecule has 0 aliphatic heterocycles. The average molecular weight is 342 g/mol. The quantitative estimate of drug-likeness (QED) is 0.478. The van der Waals surface area contributed by atoms with Crippen LogP contribution in [0.2, 0.25) is 0 Å². The molecular formula is C18H34N2O4. The topological polar surface area (TPSA) is 67.9 Å². The van der Waals surface area contributed by atoms with Crippen LogP contribution >= 0.6 is 0 Å². The molecule has 0 saturated carbocycles. The molecule has 0 bridgehead atoms. The Morgan fingerprint density at radius 2 is 1.71 bits per heavy atom. The molecule has 24 heavy (non-hydrogen) atoms. The Morgan fingerprint density at radius 3 is 2.29 bits per heavy atom. The van der Waals surface area contributed by atoms with Gasteiger partial charge in [-0.05, 0) is 33.6 Å². The molecule has 0 spiro atoms. The number of amides is 2. The first-order valence-corrected chi connectivity index (χ1v) is 8.77. The summed E-state index contributed by atoms with van der Waals surface area (Å²) in [6, 6.07) is 0. The number of hydrogen-bond acceptors (Lipinski definition) is 4. The highest BCUT2D eigenvalue weighted by Crippen LogP contribution is 2.10. The molecule has 0 aliphatic carbocycles. The Hall–Kier alpha value is -1.56. The van der Waals surface area contributed by atoms with Crippen molar-refractivity contribution in [2.75, 3.05) is 13.7 Å². The van der Waals surface area contributed by atoms with Gasteiger partial charge in [0.1, 0.15) is 12.2 Å². The number of nitrogens with one attached hydrogen (secondary N) is 1. The molecule has 0 aromatic carbocycles. The van der Waals surface area contributed by atoms with Gasteiger partial charge in [0, 0.05) is 13.3 Å². The maximum absolute atomic E-state index is 12.1. The average Bonchev–Trinajstić information content (AvgIpc) is 2.47. The fourth-order valence-corrected chi connectivity index (χ4v) is 1.98. The van der Waals surface area contributed by atoms with E-state index in [0.717, 1.165) is 17.9 Å². The van der Waals surface area contributed by atoms with E-state index in [9.17, 15) is 9.59 Å². The third-order valence-corrected chi connectivity index (χ3v) is 3.09. The van der Waals surface area contributed by atoms with Gasteiger partial charge < -0.3 is 9.47 Å². The van der Waals surface area contributed by atoms with E-state index in [2.05, 4.69) is 12.3 Å². The summed E-state index contributed by atoms with van der Waals surface area (Å²) in [4.78, 5) is 23.8. The van der Waals surface area contributed by atoms with E-state index in [1.54, 1.807) is 27.0 Å². The minimum Gasteiger partial charge on any atom is -0.442 e. The molecule has 2 amide bonds. The Labute approximate surface area is 146 Å². The van der Waals surface area contributed by atoms with Crippen molar-refractivity contribution in [2.45, 2.75) is 78.2 Å². The molecular weight excluding hydrogens is 308 g/mol. The molecule has 0 aromatic heterocycles. The summed E-state index contributed by atoms with van der Waals surface area (Å²) in [5.41, 5.74) is 1.84. The Bertz CT molecular complexity index is 389. The Kier molecular flexibility index (Phi) is 12.0. The van der Waals surface area contributed by atoms with E-state index in [0.29, 0.717) is 0 Å². The normalized spacial score (nSPS) is 11.5. The highest BCUT2D eigenvalue weighted by Gasteiger charge is 2.22. The van der Waals surface area contributed by atoms with Crippen LogP contribution in [0.15, 0.2) is 12.3 Å². The summed E-state index contributed by atoms with van der Waals surface area (Å²) in [7, 11) is 1.42. The van der Waals surface area contributed by atoms with Gasteiger partial charge >= 0.3 is 6.09 Å². The molecule has 0 rings (SSSR count). The van der Waals surface area contributed by atoms with Gasteiger partial charge in [0.25, 0.3) is 5.91 Å². The second-order valence-corrected chi connectivity index (χ2v) is 6.76. The van der Waals surface area contributed by atoms with E-state index in [-0.39, 0.29) is 6.61 Å². The number of allylic oxidation sites excluding steroid dienone is 1. The van der Waals surface area contributed by atoms with Crippen LogP contribution in [-0.4, -0.2) is 36.3 Å². The largest absolute Gasteiger partial charge is 0.442 e. The molecule has 140 valence electrons. The number of rotatable bonds is 10. The molecule has 0 unspecified atom stereocenters. The number of carbonyl (C=O) groups excluding carboxylic acids is 2. The van der Waals surface area contributed by atoms with Crippen molar-refractivity contribution in [1.82, 2.24) is 10.4 Å². The van der Waals surface area contributed by atoms with E-state index in [4.69, 9.17) is 9.47 Å². The summed E-state index contributed by atoms with van der Waals surface area (Å²) < 4.78 is 10.0. The van der Waals surface area contributed by atoms with Gasteiger partial charge in [-0.1, -0.05) is 45.1 Å². The van der Waals surface area contributed by atoms with Gasteiger partial charge in [0.15, 0.2) is 0 Å². The Balaban J connectivity index is 4.39. The van der Waals surface area contributed by atoms with E-state index < -0.39 is 17.6 Å². The van der Waals surface area contributed by atoms with Gasteiger partial charge in [-0.15, -0.1) is 0 Å². The van der Waals surface area contributed by atoms with E-state index in [1.807, 2.05) is 6.08 Å². The molecule has 1 N–H and O–H groups in total. The lowest BCUT2D eigenvalue weighted by molar-refractivity contribution is -0.128. The summed E-state index contributed by atoms with van der Waals surface area (Å²) in [5, 5.41) is 1.07. The number of nitrogens with zero attached hydrogens (tertiary/aromatic N) is 1.